The smallest absolute Gasteiger partial charge is 0.348 e. The van der Waals surface area contributed by atoms with Gasteiger partial charge in [-0.1, -0.05) is 60.7 Å². The number of carbonyl (C=O) groups excluding carboxylic acids is 4. The van der Waals surface area contributed by atoms with Crippen LogP contribution in [0.25, 0.3) is 0 Å². The Morgan fingerprint density at radius 3 is 2.26 bits per heavy atom. The van der Waals surface area contributed by atoms with Crippen LogP contribution in [0.15, 0.2) is 83.3 Å². The molecular formula is C30H30N2O7. The average Bonchev–Trinajstić information content (AvgIpc) is 2.96. The molecule has 1 saturated carbocycles. The minimum atomic E-state index is -2.64. The molecular weight excluding hydrogens is 500 g/mol. The number of amides is 1. The minimum Gasteiger partial charge on any atom is -0.466 e. The Hall–Kier alpha value is -4.24. The van der Waals surface area contributed by atoms with Gasteiger partial charge in [0.2, 0.25) is 5.60 Å². The maximum absolute atomic E-state index is 14.4. The van der Waals surface area contributed by atoms with Gasteiger partial charge < -0.3 is 19.5 Å². The number of ether oxygens (including phenoxy) is 2. The van der Waals surface area contributed by atoms with Crippen LogP contribution in [-0.4, -0.2) is 58.4 Å². The monoisotopic (exact) mass is 530 g/mol. The van der Waals surface area contributed by atoms with Crippen molar-refractivity contribution in [2.45, 2.75) is 44.4 Å². The van der Waals surface area contributed by atoms with Crippen molar-refractivity contribution in [1.29, 1.82) is 0 Å². The van der Waals surface area contributed by atoms with Crippen molar-refractivity contribution in [3.8, 4) is 0 Å². The number of esters is 2. The molecule has 2 unspecified atom stereocenters. The molecule has 2 aliphatic heterocycles. The summed E-state index contributed by atoms with van der Waals surface area (Å²) >= 11 is 0. The first-order valence-electron chi connectivity index (χ1n) is 12.8. The first-order valence-corrected chi connectivity index (χ1v) is 12.8. The van der Waals surface area contributed by atoms with Gasteiger partial charge in [-0.05, 0) is 30.9 Å². The van der Waals surface area contributed by atoms with Crippen LogP contribution >= 0.6 is 0 Å². The van der Waals surface area contributed by atoms with Gasteiger partial charge in [-0.25, -0.2) is 9.59 Å². The number of hydrogen-bond donors (Lipinski definition) is 1. The molecule has 5 rings (SSSR count). The summed E-state index contributed by atoms with van der Waals surface area (Å²) in [5.41, 5.74) is -0.362. The van der Waals surface area contributed by atoms with Gasteiger partial charge in [-0.15, -0.1) is 0 Å². The number of nitrogens with zero attached hydrogens (tertiary/aromatic N) is 2. The zero-order chi connectivity index (χ0) is 27.9. The Bertz CT molecular complexity index is 1400. The number of ketones is 1. The van der Waals surface area contributed by atoms with Gasteiger partial charge in [-0.2, -0.15) is 0 Å². The summed E-state index contributed by atoms with van der Waals surface area (Å²) in [5, 5.41) is 11.8. The third kappa shape index (κ3) is 4.04. The van der Waals surface area contributed by atoms with E-state index in [9.17, 15) is 24.3 Å². The molecule has 1 fully saturated rings. The van der Waals surface area contributed by atoms with Gasteiger partial charge in [0.05, 0.1) is 25.8 Å². The molecule has 1 N–H and O–H groups in total. The topological polar surface area (TPSA) is 113 Å². The van der Waals surface area contributed by atoms with Crippen molar-refractivity contribution in [3.05, 3.63) is 94.5 Å². The fraction of sp³-hybridized carbons (Fsp3) is 0.333. The fourth-order valence-electron chi connectivity index (χ4n) is 6.01. The van der Waals surface area contributed by atoms with Gasteiger partial charge in [0.1, 0.15) is 5.82 Å². The van der Waals surface area contributed by atoms with E-state index in [1.807, 2.05) is 30.3 Å². The fourth-order valence-corrected chi connectivity index (χ4v) is 6.01. The van der Waals surface area contributed by atoms with Crippen LogP contribution in [0.4, 0.5) is 0 Å². The normalized spacial score (nSPS) is 24.8. The highest BCUT2D eigenvalue weighted by atomic mass is 16.5. The minimum absolute atomic E-state index is 0.159. The third-order valence-corrected chi connectivity index (χ3v) is 7.85. The van der Waals surface area contributed by atoms with E-state index in [0.29, 0.717) is 17.7 Å². The number of allylic oxidation sites excluding steroid dienone is 1. The standard InChI is InChI=1S/C30H30N2O7/c1-18-23(27(34)38-2)25(20-13-8-5-9-14-20)32-26(31(18)17-19-11-6-4-7-12-19)24-21(15-10-16-22(24)33)30(37,28(32)35)29(36)39-3/h4-9,11-14,21,25,37H,10,15-17H2,1-3H3/t21?,25?,30-/m0/s1. The second kappa shape index (κ2) is 10.1. The molecule has 3 aliphatic rings. The Morgan fingerprint density at radius 2 is 1.64 bits per heavy atom. The number of methoxy groups -OCH3 is 2. The largest absolute Gasteiger partial charge is 0.466 e. The highest BCUT2D eigenvalue weighted by Gasteiger charge is 2.64. The Balaban J connectivity index is 1.87. The maximum atomic E-state index is 14.4. The lowest BCUT2D eigenvalue weighted by Gasteiger charge is -2.53. The van der Waals surface area contributed by atoms with Gasteiger partial charge in [0.25, 0.3) is 5.91 Å². The summed E-state index contributed by atoms with van der Waals surface area (Å²) in [6.45, 7) is 1.98. The van der Waals surface area contributed by atoms with Crippen LogP contribution in [0.1, 0.15) is 43.4 Å². The lowest BCUT2D eigenvalue weighted by molar-refractivity contribution is -0.184. The van der Waals surface area contributed by atoms with E-state index in [4.69, 9.17) is 9.47 Å². The van der Waals surface area contributed by atoms with Gasteiger partial charge in [-0.3, -0.25) is 14.5 Å². The number of Topliss-reactive ketones (excluding diaryl/α,β-unsaturated/α-hetero) is 1. The van der Waals surface area contributed by atoms with Crippen molar-refractivity contribution >= 4 is 23.6 Å². The molecule has 0 aromatic heterocycles. The molecule has 1 aliphatic carbocycles. The lowest BCUT2D eigenvalue weighted by Crippen LogP contribution is -2.66. The molecule has 0 saturated heterocycles. The number of aliphatic hydroxyl groups is 1. The van der Waals surface area contributed by atoms with Crippen LogP contribution in [0.2, 0.25) is 0 Å². The second-order valence-corrected chi connectivity index (χ2v) is 9.91. The van der Waals surface area contributed by atoms with Gasteiger partial charge >= 0.3 is 11.9 Å². The molecule has 0 radical (unpaired) electrons. The number of hydrogen-bond acceptors (Lipinski definition) is 8. The van der Waals surface area contributed by atoms with E-state index >= 15 is 0 Å². The van der Waals surface area contributed by atoms with E-state index < -0.39 is 35.4 Å². The summed E-state index contributed by atoms with van der Waals surface area (Å²) in [4.78, 5) is 57.5. The van der Waals surface area contributed by atoms with Crippen molar-refractivity contribution < 1.29 is 33.8 Å². The molecule has 3 atom stereocenters. The highest BCUT2D eigenvalue weighted by molar-refractivity contribution is 6.13. The third-order valence-electron chi connectivity index (χ3n) is 7.85. The zero-order valence-electron chi connectivity index (χ0n) is 22.0. The number of benzene rings is 2. The predicted molar refractivity (Wildman–Crippen MR) is 139 cm³/mol. The molecule has 9 heteroatoms. The highest BCUT2D eigenvalue weighted by Crippen LogP contribution is 2.52. The van der Waals surface area contributed by atoms with Crippen LogP contribution in [0.3, 0.4) is 0 Å². The summed E-state index contributed by atoms with van der Waals surface area (Å²) in [5.74, 6) is -3.85. The molecule has 2 heterocycles. The van der Waals surface area contributed by atoms with E-state index in [1.165, 1.54) is 12.0 Å². The van der Waals surface area contributed by atoms with Crippen molar-refractivity contribution in [2.75, 3.05) is 14.2 Å². The lowest BCUT2D eigenvalue weighted by atomic mass is 9.68. The van der Waals surface area contributed by atoms with Crippen LogP contribution < -0.4 is 0 Å². The Morgan fingerprint density at radius 1 is 1.00 bits per heavy atom. The predicted octanol–water partition coefficient (Wildman–Crippen LogP) is 3.02. The Labute approximate surface area is 226 Å². The first kappa shape index (κ1) is 26.4. The van der Waals surface area contributed by atoms with Crippen molar-refractivity contribution in [3.63, 3.8) is 0 Å². The summed E-state index contributed by atoms with van der Waals surface area (Å²) in [6, 6.07) is 17.2. The van der Waals surface area contributed by atoms with Crippen LogP contribution in [-0.2, 0) is 35.2 Å². The van der Waals surface area contributed by atoms with E-state index in [1.54, 1.807) is 42.2 Å². The van der Waals surface area contributed by atoms with Crippen LogP contribution in [0, 0.1) is 5.92 Å². The molecule has 1 amide bonds. The first-order chi connectivity index (χ1) is 18.7. The summed E-state index contributed by atoms with van der Waals surface area (Å²) < 4.78 is 10.1. The van der Waals surface area contributed by atoms with E-state index in [-0.39, 0.29) is 42.1 Å². The number of rotatable bonds is 5. The molecule has 39 heavy (non-hydrogen) atoms. The number of fused-ring (bicyclic) bond motifs is 2. The van der Waals surface area contributed by atoms with Gasteiger partial charge in [0, 0.05) is 30.2 Å². The van der Waals surface area contributed by atoms with Crippen molar-refractivity contribution in [1.82, 2.24) is 9.80 Å². The molecule has 0 bridgehead atoms. The zero-order valence-corrected chi connectivity index (χ0v) is 22.0. The quantitative estimate of drug-likeness (QED) is 0.464. The SMILES string of the molecule is COC(=O)C1=C(C)N(Cc2ccccc2)C2=C3C(=O)CCCC3[C@@](O)(C(=O)OC)C(=O)N2C1c1ccccc1. The maximum Gasteiger partial charge on any atom is 0.348 e. The van der Waals surface area contributed by atoms with E-state index in [2.05, 4.69) is 0 Å². The molecule has 202 valence electrons. The summed E-state index contributed by atoms with van der Waals surface area (Å²) in [7, 11) is 2.34. The van der Waals surface area contributed by atoms with Crippen molar-refractivity contribution in [2.24, 2.45) is 5.92 Å². The molecule has 9 nitrogen and oxygen atoms in total. The van der Waals surface area contributed by atoms with Gasteiger partial charge in [0.15, 0.2) is 5.78 Å². The molecule has 0 spiro atoms. The second-order valence-electron chi connectivity index (χ2n) is 9.91. The average molecular weight is 531 g/mol. The Kier molecular flexibility index (Phi) is 6.86. The molecule has 2 aromatic carbocycles. The molecule has 2 aromatic rings. The van der Waals surface area contributed by atoms with Crippen LogP contribution in [0.5, 0.6) is 0 Å². The van der Waals surface area contributed by atoms with E-state index in [0.717, 1.165) is 12.7 Å². The number of carbonyl (C=O) groups is 4. The summed E-state index contributed by atoms with van der Waals surface area (Å²) in [6.07, 6.45) is 0.865.